The first-order valence-electron chi connectivity index (χ1n) is 6.78. The maximum Gasteiger partial charge on any atom is 0.213 e. The first-order valence-corrected chi connectivity index (χ1v) is 6.78. The Hall–Kier alpha value is -1.68. The van der Waals surface area contributed by atoms with Crippen LogP contribution in [0.1, 0.15) is 30.3 Å². The summed E-state index contributed by atoms with van der Waals surface area (Å²) < 4.78 is 4.70. The van der Waals surface area contributed by atoms with Crippen LogP contribution in [0.5, 0.6) is 0 Å². The maximum atomic E-state index is 4.70. The molecule has 0 spiro atoms. The fraction of sp³-hybridized carbons (Fsp3) is 0.467. The monoisotopic (exact) mass is 259 g/mol. The quantitative estimate of drug-likeness (QED) is 0.830. The SMILES string of the molecule is Cc1cccc(CCC(C)NCCc2ncon2)c1. The third kappa shape index (κ3) is 4.83. The van der Waals surface area contributed by atoms with Gasteiger partial charge in [-0.25, -0.2) is 0 Å². The van der Waals surface area contributed by atoms with E-state index in [-0.39, 0.29) is 0 Å². The van der Waals surface area contributed by atoms with Gasteiger partial charge in [-0.05, 0) is 32.3 Å². The number of aromatic nitrogens is 2. The van der Waals surface area contributed by atoms with Crippen LogP contribution in [0.3, 0.4) is 0 Å². The van der Waals surface area contributed by atoms with Crippen molar-refractivity contribution in [3.05, 3.63) is 47.6 Å². The molecule has 0 aliphatic heterocycles. The number of aryl methyl sites for hydroxylation is 2. The molecule has 4 nitrogen and oxygen atoms in total. The van der Waals surface area contributed by atoms with Crippen molar-refractivity contribution in [3.63, 3.8) is 0 Å². The molecule has 1 aromatic carbocycles. The predicted octanol–water partition coefficient (Wildman–Crippen LogP) is 2.53. The van der Waals surface area contributed by atoms with Crippen molar-refractivity contribution in [3.8, 4) is 0 Å². The molecule has 2 rings (SSSR count). The van der Waals surface area contributed by atoms with Crippen molar-refractivity contribution in [2.75, 3.05) is 6.54 Å². The summed E-state index contributed by atoms with van der Waals surface area (Å²) in [5, 5.41) is 7.27. The van der Waals surface area contributed by atoms with E-state index in [1.54, 1.807) is 0 Å². The van der Waals surface area contributed by atoms with Crippen LogP contribution in [0.15, 0.2) is 35.2 Å². The average Bonchev–Trinajstić information content (AvgIpc) is 2.90. The van der Waals surface area contributed by atoms with Crippen LogP contribution in [0.2, 0.25) is 0 Å². The first-order chi connectivity index (χ1) is 9.24. The molecular weight excluding hydrogens is 238 g/mol. The van der Waals surface area contributed by atoms with Gasteiger partial charge < -0.3 is 9.84 Å². The van der Waals surface area contributed by atoms with Crippen molar-refractivity contribution in [1.29, 1.82) is 0 Å². The highest BCUT2D eigenvalue weighted by Crippen LogP contribution is 2.08. The van der Waals surface area contributed by atoms with E-state index in [0.717, 1.165) is 31.6 Å². The lowest BCUT2D eigenvalue weighted by molar-refractivity contribution is 0.408. The van der Waals surface area contributed by atoms with E-state index >= 15 is 0 Å². The zero-order valence-corrected chi connectivity index (χ0v) is 11.6. The summed E-state index contributed by atoms with van der Waals surface area (Å²) in [4.78, 5) is 4.00. The van der Waals surface area contributed by atoms with Gasteiger partial charge >= 0.3 is 0 Å². The van der Waals surface area contributed by atoms with Crippen LogP contribution in [0, 0.1) is 6.92 Å². The highest BCUT2D eigenvalue weighted by atomic mass is 16.5. The van der Waals surface area contributed by atoms with E-state index in [9.17, 15) is 0 Å². The molecule has 102 valence electrons. The molecule has 0 saturated heterocycles. The Morgan fingerprint density at radius 1 is 1.32 bits per heavy atom. The molecule has 2 aromatic rings. The van der Waals surface area contributed by atoms with Gasteiger partial charge in [0.1, 0.15) is 0 Å². The molecule has 0 radical (unpaired) electrons. The highest BCUT2D eigenvalue weighted by Gasteiger charge is 2.04. The van der Waals surface area contributed by atoms with Crippen molar-refractivity contribution >= 4 is 0 Å². The molecular formula is C15H21N3O. The van der Waals surface area contributed by atoms with Crippen LogP contribution in [-0.2, 0) is 12.8 Å². The molecule has 19 heavy (non-hydrogen) atoms. The Balaban J connectivity index is 1.65. The largest absolute Gasteiger partial charge is 0.343 e. The molecule has 1 unspecified atom stereocenters. The van der Waals surface area contributed by atoms with Crippen molar-refractivity contribution in [2.24, 2.45) is 0 Å². The minimum Gasteiger partial charge on any atom is -0.343 e. The van der Waals surface area contributed by atoms with Crippen LogP contribution >= 0.6 is 0 Å². The highest BCUT2D eigenvalue weighted by molar-refractivity contribution is 5.22. The minimum absolute atomic E-state index is 0.493. The topological polar surface area (TPSA) is 51.0 Å². The summed E-state index contributed by atoms with van der Waals surface area (Å²) in [7, 11) is 0. The van der Waals surface area contributed by atoms with Crippen LogP contribution in [0.4, 0.5) is 0 Å². The number of nitrogens with zero attached hydrogens (tertiary/aromatic N) is 2. The molecule has 1 heterocycles. The van der Waals surface area contributed by atoms with Gasteiger partial charge in [0, 0.05) is 19.0 Å². The van der Waals surface area contributed by atoms with Crippen LogP contribution in [-0.4, -0.2) is 22.7 Å². The third-order valence-electron chi connectivity index (χ3n) is 3.20. The van der Waals surface area contributed by atoms with Gasteiger partial charge in [-0.3, -0.25) is 0 Å². The minimum atomic E-state index is 0.493. The molecule has 0 bridgehead atoms. The van der Waals surface area contributed by atoms with Gasteiger partial charge in [0.15, 0.2) is 5.82 Å². The molecule has 1 atom stereocenters. The molecule has 0 fully saturated rings. The van der Waals surface area contributed by atoms with Crippen molar-refractivity contribution in [1.82, 2.24) is 15.5 Å². The van der Waals surface area contributed by atoms with Gasteiger partial charge in [-0.15, -0.1) is 0 Å². The molecule has 1 aromatic heterocycles. The van der Waals surface area contributed by atoms with E-state index in [1.807, 2.05) is 0 Å². The molecule has 0 aliphatic carbocycles. The van der Waals surface area contributed by atoms with Crippen LogP contribution < -0.4 is 5.32 Å². The standard InChI is InChI=1S/C15H21N3O/c1-12-4-3-5-14(10-12)7-6-13(2)16-9-8-15-17-11-19-18-15/h3-5,10-11,13,16H,6-9H2,1-2H3. The van der Waals surface area contributed by atoms with Crippen molar-refractivity contribution in [2.45, 2.75) is 39.2 Å². The van der Waals surface area contributed by atoms with E-state index in [0.29, 0.717) is 6.04 Å². The number of hydrogen-bond donors (Lipinski definition) is 1. The van der Waals surface area contributed by atoms with E-state index in [1.165, 1.54) is 17.5 Å². The summed E-state index contributed by atoms with van der Waals surface area (Å²) in [5.41, 5.74) is 2.74. The number of benzene rings is 1. The fourth-order valence-corrected chi connectivity index (χ4v) is 2.09. The predicted molar refractivity (Wildman–Crippen MR) is 75.0 cm³/mol. The number of nitrogens with one attached hydrogen (secondary N) is 1. The number of hydrogen-bond acceptors (Lipinski definition) is 4. The van der Waals surface area contributed by atoms with Gasteiger partial charge in [0.05, 0.1) is 0 Å². The summed E-state index contributed by atoms with van der Waals surface area (Å²) in [6.07, 6.45) is 4.43. The second kappa shape index (κ2) is 7.04. The van der Waals surface area contributed by atoms with Crippen LogP contribution in [0.25, 0.3) is 0 Å². The first kappa shape index (κ1) is 13.7. The zero-order chi connectivity index (χ0) is 13.5. The number of rotatable bonds is 7. The van der Waals surface area contributed by atoms with Gasteiger partial charge in [0.25, 0.3) is 0 Å². The Morgan fingerprint density at radius 2 is 2.21 bits per heavy atom. The summed E-state index contributed by atoms with van der Waals surface area (Å²) >= 11 is 0. The normalized spacial score (nSPS) is 12.5. The van der Waals surface area contributed by atoms with E-state index in [2.05, 4.69) is 53.6 Å². The summed E-state index contributed by atoms with van der Waals surface area (Å²) in [6.45, 7) is 5.23. The Kier molecular flexibility index (Phi) is 5.10. The lowest BCUT2D eigenvalue weighted by atomic mass is 10.0. The Bertz CT molecular complexity index is 482. The summed E-state index contributed by atoms with van der Waals surface area (Å²) in [5.74, 6) is 0.762. The third-order valence-corrected chi connectivity index (χ3v) is 3.20. The second-order valence-electron chi connectivity index (χ2n) is 4.98. The maximum absolute atomic E-state index is 4.70. The zero-order valence-electron chi connectivity index (χ0n) is 11.6. The van der Waals surface area contributed by atoms with E-state index < -0.39 is 0 Å². The molecule has 0 saturated carbocycles. The average molecular weight is 259 g/mol. The molecule has 0 aliphatic rings. The van der Waals surface area contributed by atoms with Gasteiger partial charge in [-0.2, -0.15) is 4.98 Å². The van der Waals surface area contributed by atoms with Crippen molar-refractivity contribution < 1.29 is 4.52 Å². The second-order valence-corrected chi connectivity index (χ2v) is 4.98. The van der Waals surface area contributed by atoms with E-state index in [4.69, 9.17) is 4.52 Å². The molecule has 1 N–H and O–H groups in total. The smallest absolute Gasteiger partial charge is 0.213 e. The molecule has 4 heteroatoms. The Labute approximate surface area is 114 Å². The molecule has 0 amide bonds. The lowest BCUT2D eigenvalue weighted by Gasteiger charge is -2.13. The summed E-state index contributed by atoms with van der Waals surface area (Å²) in [6, 6.07) is 9.20. The lowest BCUT2D eigenvalue weighted by Crippen LogP contribution is -2.28. The van der Waals surface area contributed by atoms with Gasteiger partial charge in [-0.1, -0.05) is 35.0 Å². The Morgan fingerprint density at radius 3 is 2.95 bits per heavy atom. The van der Waals surface area contributed by atoms with Gasteiger partial charge in [0.2, 0.25) is 6.39 Å². The fourth-order valence-electron chi connectivity index (χ4n) is 2.09.